The number of thioether (sulfide) groups is 1. The number of aromatic amines is 1. The van der Waals surface area contributed by atoms with Gasteiger partial charge in [0.25, 0.3) is 5.91 Å². The third kappa shape index (κ3) is 13.5. The Balaban J connectivity index is 0.000000478. The first-order valence-electron chi connectivity index (χ1n) is 15.5. The van der Waals surface area contributed by atoms with E-state index in [1.807, 2.05) is 90.9 Å². The molecule has 1 saturated carbocycles. The van der Waals surface area contributed by atoms with Gasteiger partial charge in [0, 0.05) is 50.9 Å². The Morgan fingerprint density at radius 3 is 2.26 bits per heavy atom. The van der Waals surface area contributed by atoms with Gasteiger partial charge in [-0.3, -0.25) is 9.59 Å². The van der Waals surface area contributed by atoms with E-state index in [1.54, 1.807) is 11.8 Å². The van der Waals surface area contributed by atoms with Crippen molar-refractivity contribution in [1.82, 2.24) is 15.6 Å². The topological polar surface area (TPSA) is 86.0 Å². The second kappa shape index (κ2) is 21.7. The summed E-state index contributed by atoms with van der Waals surface area (Å²) < 4.78 is 0. The first kappa shape index (κ1) is 38.0. The highest BCUT2D eigenvalue weighted by atomic mass is 35.5. The summed E-state index contributed by atoms with van der Waals surface area (Å²) >= 11 is 7.96. The summed E-state index contributed by atoms with van der Waals surface area (Å²) in [4.78, 5) is 26.2. The van der Waals surface area contributed by atoms with Gasteiger partial charge in [-0.2, -0.15) is 0 Å². The van der Waals surface area contributed by atoms with Crippen molar-refractivity contribution in [1.29, 1.82) is 0 Å². The lowest BCUT2D eigenvalue weighted by Crippen LogP contribution is -2.16. The van der Waals surface area contributed by atoms with Gasteiger partial charge in [0.1, 0.15) is 0 Å². The maximum absolute atomic E-state index is 12.5. The molecule has 1 fully saturated rings. The van der Waals surface area contributed by atoms with Crippen LogP contribution in [-0.2, 0) is 15.3 Å². The van der Waals surface area contributed by atoms with E-state index in [0.717, 1.165) is 62.0 Å². The Kier molecular flexibility index (Phi) is 19.1. The predicted octanol–water partition coefficient (Wildman–Crippen LogP) is 9.02. The fourth-order valence-corrected chi connectivity index (χ4v) is 5.16. The fraction of sp³-hybridized carbons (Fsp3) is 0.429. The molecule has 0 spiro atoms. The molecule has 0 bridgehead atoms. The largest absolute Gasteiger partial charge is 0.359 e. The number of hydrogen-bond donors (Lipinski definition) is 4. The zero-order chi connectivity index (χ0) is 32.2. The number of carbonyl (C=O) groups is 2. The van der Waals surface area contributed by atoms with Crippen LogP contribution < -0.4 is 16.0 Å². The highest BCUT2D eigenvalue weighted by Crippen LogP contribution is 2.37. The number of rotatable bonds is 9. The normalized spacial score (nSPS) is 13.4. The zero-order valence-electron chi connectivity index (χ0n) is 27.2. The van der Waals surface area contributed by atoms with Gasteiger partial charge < -0.3 is 20.9 Å². The molecule has 1 aliphatic heterocycles. The lowest BCUT2D eigenvalue weighted by molar-refractivity contribution is -0.111. The van der Waals surface area contributed by atoms with E-state index in [9.17, 15) is 9.59 Å². The number of aryl methyl sites for hydroxylation is 2. The summed E-state index contributed by atoms with van der Waals surface area (Å²) in [7, 11) is 0. The number of H-pyrrole nitrogens is 1. The molecule has 3 aromatic rings. The van der Waals surface area contributed by atoms with Crippen molar-refractivity contribution < 1.29 is 9.59 Å². The Bertz CT molecular complexity index is 1280. The van der Waals surface area contributed by atoms with Crippen LogP contribution in [0.1, 0.15) is 88.9 Å². The monoisotopic (exact) mass is 626 g/mol. The van der Waals surface area contributed by atoms with Gasteiger partial charge in [-0.15, -0.1) is 11.8 Å². The summed E-state index contributed by atoms with van der Waals surface area (Å²) in [6, 6.07) is 16.9. The van der Waals surface area contributed by atoms with Crippen molar-refractivity contribution in [3.63, 3.8) is 0 Å². The average molecular weight is 627 g/mol. The van der Waals surface area contributed by atoms with Gasteiger partial charge in [0.05, 0.1) is 5.57 Å². The highest BCUT2D eigenvalue weighted by Gasteiger charge is 2.25. The van der Waals surface area contributed by atoms with Gasteiger partial charge in [0.2, 0.25) is 6.41 Å². The van der Waals surface area contributed by atoms with Crippen LogP contribution in [0.5, 0.6) is 0 Å². The molecule has 4 N–H and O–H groups in total. The molecule has 43 heavy (non-hydrogen) atoms. The number of hydrogen-bond acceptors (Lipinski definition) is 4. The maximum Gasteiger partial charge on any atom is 0.256 e. The van der Waals surface area contributed by atoms with Crippen LogP contribution >= 0.6 is 23.4 Å². The summed E-state index contributed by atoms with van der Waals surface area (Å²) in [5.74, 6) is 0.721. The number of benzene rings is 2. The molecule has 0 atom stereocenters. The summed E-state index contributed by atoms with van der Waals surface area (Å²) in [6.45, 7) is 18.1. The standard InChI is InChI=1S/C22H19ClN2OS.C6H13N.C3H7NO.2C2H6/c1-13-9-14(2)24-21(13)11-18-17-10-16(7-8-20(17)25-22(18)26)27-12-15-5-3-4-6-19(15)23;1-2-5-7-6-3-4-6;1-2-4-3-5;2*1-2/h3-11,24H,12H2,1-2H3,(H,25,26);6-7H,2-5H2,1H3;3H,2H2,1H3,(H,4,5);2*1-2H3/b18-11-;;;;. The molecule has 0 radical (unpaired) electrons. The molecule has 2 aromatic carbocycles. The second-order valence-corrected chi connectivity index (χ2v) is 11.0. The smallest absolute Gasteiger partial charge is 0.256 e. The molecule has 236 valence electrons. The van der Waals surface area contributed by atoms with Crippen LogP contribution in [-0.4, -0.2) is 36.4 Å². The number of halogens is 1. The van der Waals surface area contributed by atoms with Crippen LogP contribution in [0, 0.1) is 13.8 Å². The van der Waals surface area contributed by atoms with Crippen LogP contribution in [0.3, 0.4) is 0 Å². The fourth-order valence-electron chi connectivity index (χ4n) is 3.94. The van der Waals surface area contributed by atoms with E-state index in [0.29, 0.717) is 12.0 Å². The number of anilines is 1. The minimum absolute atomic E-state index is 0.0649. The van der Waals surface area contributed by atoms with Crippen LogP contribution in [0.15, 0.2) is 53.4 Å². The molecular weight excluding hydrogens is 576 g/mol. The molecule has 2 amide bonds. The van der Waals surface area contributed by atoms with Crippen LogP contribution in [0.25, 0.3) is 11.6 Å². The van der Waals surface area contributed by atoms with E-state index >= 15 is 0 Å². The summed E-state index contributed by atoms with van der Waals surface area (Å²) in [5.41, 5.74) is 6.78. The SMILES string of the molecule is CC.CC.CCCNC1CC1.CCNC=O.Cc1cc(C)c(/C=C2\C(=O)Nc3ccc(SCc4ccccc4Cl)cc32)[nH]1. The third-order valence-electron chi connectivity index (χ3n) is 6.15. The molecule has 6 nitrogen and oxygen atoms in total. The maximum atomic E-state index is 12.5. The van der Waals surface area contributed by atoms with Gasteiger partial charge in [-0.1, -0.05) is 64.4 Å². The van der Waals surface area contributed by atoms with E-state index in [2.05, 4.69) is 40.0 Å². The number of aromatic nitrogens is 1. The predicted molar refractivity (Wildman–Crippen MR) is 188 cm³/mol. The first-order valence-corrected chi connectivity index (χ1v) is 16.8. The molecule has 8 heteroatoms. The number of carbonyl (C=O) groups excluding carboxylic acids is 2. The molecule has 1 aromatic heterocycles. The van der Waals surface area contributed by atoms with E-state index < -0.39 is 0 Å². The summed E-state index contributed by atoms with van der Waals surface area (Å²) in [6.07, 6.45) is 6.72. The van der Waals surface area contributed by atoms with Crippen LogP contribution in [0.2, 0.25) is 5.02 Å². The number of amides is 2. The Labute approximate surface area is 268 Å². The van der Waals surface area contributed by atoms with Gasteiger partial charge in [0.15, 0.2) is 0 Å². The molecule has 1 aliphatic carbocycles. The van der Waals surface area contributed by atoms with Gasteiger partial charge >= 0.3 is 0 Å². The molecule has 2 aliphatic rings. The lowest BCUT2D eigenvalue weighted by atomic mass is 10.1. The second-order valence-electron chi connectivity index (χ2n) is 9.55. The highest BCUT2D eigenvalue weighted by molar-refractivity contribution is 7.98. The number of fused-ring (bicyclic) bond motifs is 1. The zero-order valence-corrected chi connectivity index (χ0v) is 28.8. The quantitative estimate of drug-likeness (QED) is 0.108. The lowest BCUT2D eigenvalue weighted by Gasteiger charge is -2.06. The van der Waals surface area contributed by atoms with E-state index in [-0.39, 0.29) is 5.91 Å². The van der Waals surface area contributed by atoms with Crippen molar-refractivity contribution >= 4 is 53.0 Å². The Morgan fingerprint density at radius 2 is 1.72 bits per heavy atom. The van der Waals surface area contributed by atoms with Crippen molar-refractivity contribution in [2.45, 2.75) is 91.3 Å². The van der Waals surface area contributed by atoms with E-state index in [1.165, 1.54) is 25.8 Å². The average Bonchev–Trinajstić information content (AvgIpc) is 3.73. The Morgan fingerprint density at radius 1 is 1.02 bits per heavy atom. The molecule has 0 unspecified atom stereocenters. The molecule has 5 rings (SSSR count). The number of nitrogens with one attached hydrogen (secondary N) is 4. The van der Waals surface area contributed by atoms with Crippen molar-refractivity contribution in [3.8, 4) is 0 Å². The molecular formula is C35H51ClN4O2S. The minimum atomic E-state index is -0.0649. The molecule has 0 saturated heterocycles. The van der Waals surface area contributed by atoms with Gasteiger partial charge in [-0.05, 0) is 94.1 Å². The van der Waals surface area contributed by atoms with Crippen molar-refractivity contribution in [2.75, 3.05) is 18.4 Å². The van der Waals surface area contributed by atoms with Gasteiger partial charge in [-0.25, -0.2) is 0 Å². The first-order chi connectivity index (χ1) is 20.9. The van der Waals surface area contributed by atoms with Crippen LogP contribution in [0.4, 0.5) is 5.69 Å². The van der Waals surface area contributed by atoms with E-state index in [4.69, 9.17) is 11.6 Å². The van der Waals surface area contributed by atoms with Crippen molar-refractivity contribution in [3.05, 3.63) is 81.6 Å². The molecule has 2 heterocycles. The Hall–Kier alpha value is -3.00. The summed E-state index contributed by atoms with van der Waals surface area (Å²) in [5, 5.41) is 9.57. The van der Waals surface area contributed by atoms with Crippen molar-refractivity contribution in [2.24, 2.45) is 0 Å². The third-order valence-corrected chi connectivity index (χ3v) is 7.56. The minimum Gasteiger partial charge on any atom is -0.359 e.